The Morgan fingerprint density at radius 2 is 1.76 bits per heavy atom. The molecule has 5 aromatic rings. The second-order valence-electron chi connectivity index (χ2n) is 7.72. The van der Waals surface area contributed by atoms with Gasteiger partial charge >= 0.3 is 0 Å². The largest absolute Gasteiger partial charge is 0.443 e. The minimum absolute atomic E-state index is 0.139. The molecule has 0 aliphatic heterocycles. The molecular formula is C26H20N4O3. The van der Waals surface area contributed by atoms with Crippen LogP contribution in [-0.4, -0.2) is 20.4 Å². The maximum Gasteiger partial charge on any atom is 0.278 e. The second-order valence-corrected chi connectivity index (χ2v) is 7.72. The third-order valence-corrected chi connectivity index (χ3v) is 5.39. The monoisotopic (exact) mass is 436 g/mol. The Labute approximate surface area is 189 Å². The number of aromatic nitrogens is 3. The number of carbonyl (C=O) groups is 1. The van der Waals surface area contributed by atoms with Crippen LogP contribution in [0.25, 0.3) is 27.9 Å². The van der Waals surface area contributed by atoms with Crippen LogP contribution < -0.4 is 10.9 Å². The van der Waals surface area contributed by atoms with Gasteiger partial charge in [-0.25, -0.2) is 9.97 Å². The number of nitrogens with one attached hydrogen (secondary N) is 1. The maximum absolute atomic E-state index is 13.0. The molecule has 0 saturated carbocycles. The van der Waals surface area contributed by atoms with Gasteiger partial charge in [-0.05, 0) is 56.3 Å². The summed E-state index contributed by atoms with van der Waals surface area (Å²) in [6.45, 7) is 3.76. The average Bonchev–Trinajstić information content (AvgIpc) is 3.30. The zero-order chi connectivity index (χ0) is 22.9. The zero-order valence-corrected chi connectivity index (χ0v) is 18.1. The van der Waals surface area contributed by atoms with Gasteiger partial charge in [0, 0.05) is 11.3 Å². The van der Waals surface area contributed by atoms with Gasteiger partial charge in [-0.2, -0.15) is 0 Å². The predicted molar refractivity (Wildman–Crippen MR) is 127 cm³/mol. The highest BCUT2D eigenvalue weighted by Gasteiger charge is 2.19. The van der Waals surface area contributed by atoms with E-state index in [9.17, 15) is 9.59 Å². The minimum Gasteiger partial charge on any atom is -0.443 e. The van der Waals surface area contributed by atoms with E-state index in [1.807, 2.05) is 49.4 Å². The molecule has 0 radical (unpaired) electrons. The lowest BCUT2D eigenvalue weighted by Crippen LogP contribution is -2.22. The average molecular weight is 436 g/mol. The third kappa shape index (κ3) is 3.80. The molecule has 0 bridgehead atoms. The van der Waals surface area contributed by atoms with Gasteiger partial charge in [-0.3, -0.25) is 14.2 Å². The van der Waals surface area contributed by atoms with Crippen molar-refractivity contribution in [2.45, 2.75) is 13.8 Å². The van der Waals surface area contributed by atoms with Crippen molar-refractivity contribution < 1.29 is 9.21 Å². The number of nitrogens with zero attached hydrogens (tertiary/aromatic N) is 3. The van der Waals surface area contributed by atoms with Crippen LogP contribution >= 0.6 is 0 Å². The van der Waals surface area contributed by atoms with E-state index in [0.29, 0.717) is 33.9 Å². The van der Waals surface area contributed by atoms with Crippen molar-refractivity contribution in [3.8, 4) is 17.0 Å². The summed E-state index contributed by atoms with van der Waals surface area (Å²) in [5.74, 6) is 0.617. The molecule has 2 heterocycles. The molecule has 0 fully saturated rings. The van der Waals surface area contributed by atoms with Crippen LogP contribution in [-0.2, 0) is 0 Å². The van der Waals surface area contributed by atoms with Gasteiger partial charge in [-0.1, -0.05) is 35.9 Å². The molecule has 0 saturated heterocycles. The van der Waals surface area contributed by atoms with Gasteiger partial charge in [0.15, 0.2) is 17.8 Å². The van der Waals surface area contributed by atoms with Gasteiger partial charge in [0.05, 0.1) is 16.6 Å². The number of anilines is 1. The normalized spacial score (nSPS) is 11.0. The summed E-state index contributed by atoms with van der Waals surface area (Å²) in [6, 6.07) is 21.9. The van der Waals surface area contributed by atoms with E-state index in [4.69, 9.17) is 4.42 Å². The molecule has 33 heavy (non-hydrogen) atoms. The predicted octanol–water partition coefficient (Wildman–Crippen LogP) is 4.91. The van der Waals surface area contributed by atoms with E-state index in [0.717, 1.165) is 11.1 Å². The molecule has 162 valence electrons. The highest BCUT2D eigenvalue weighted by Crippen LogP contribution is 2.25. The summed E-state index contributed by atoms with van der Waals surface area (Å²) >= 11 is 0. The van der Waals surface area contributed by atoms with Crippen LogP contribution in [0, 0.1) is 13.8 Å². The van der Waals surface area contributed by atoms with E-state index in [1.54, 1.807) is 41.8 Å². The quantitative estimate of drug-likeness (QED) is 0.432. The first kappa shape index (κ1) is 20.4. The number of aryl methyl sites for hydroxylation is 2. The number of rotatable bonds is 4. The van der Waals surface area contributed by atoms with Crippen molar-refractivity contribution in [1.82, 2.24) is 14.5 Å². The fourth-order valence-corrected chi connectivity index (χ4v) is 3.83. The highest BCUT2D eigenvalue weighted by molar-refractivity contribution is 6.06. The van der Waals surface area contributed by atoms with Crippen LogP contribution in [0.15, 0.2) is 88.4 Å². The van der Waals surface area contributed by atoms with Crippen molar-refractivity contribution >= 4 is 22.5 Å². The van der Waals surface area contributed by atoms with Crippen LogP contribution in [0.5, 0.6) is 0 Å². The molecule has 1 amide bonds. The van der Waals surface area contributed by atoms with E-state index in [2.05, 4.69) is 15.3 Å². The Balaban J connectivity index is 1.42. The first-order chi connectivity index (χ1) is 16.0. The number of amides is 1. The summed E-state index contributed by atoms with van der Waals surface area (Å²) < 4.78 is 7.04. The summed E-state index contributed by atoms with van der Waals surface area (Å²) in [5.41, 5.74) is 3.80. The molecule has 0 aliphatic rings. The fourth-order valence-electron chi connectivity index (χ4n) is 3.83. The van der Waals surface area contributed by atoms with Gasteiger partial charge in [0.2, 0.25) is 0 Å². The number of para-hydroxylation sites is 1. The number of benzene rings is 3. The lowest BCUT2D eigenvalue weighted by atomic mass is 10.1. The smallest absolute Gasteiger partial charge is 0.278 e. The molecule has 7 nitrogen and oxygen atoms in total. The molecule has 0 spiro atoms. The Morgan fingerprint density at radius 3 is 2.55 bits per heavy atom. The second kappa shape index (κ2) is 8.20. The number of carbonyl (C=O) groups excluding carboxylic acids is 1. The summed E-state index contributed by atoms with van der Waals surface area (Å²) in [5, 5.41) is 3.39. The number of fused-ring (bicyclic) bond motifs is 1. The van der Waals surface area contributed by atoms with E-state index < -0.39 is 0 Å². The Bertz CT molecular complexity index is 1550. The molecular weight excluding hydrogens is 416 g/mol. The van der Waals surface area contributed by atoms with E-state index in [1.165, 1.54) is 6.39 Å². The zero-order valence-electron chi connectivity index (χ0n) is 18.1. The SMILES string of the molecule is Cc1cccc(-c2ocnc2C(=O)Nc2ccc(-n3c(C)nc4ccccc4c3=O)cc2)c1. The van der Waals surface area contributed by atoms with E-state index in [-0.39, 0.29) is 17.2 Å². The summed E-state index contributed by atoms with van der Waals surface area (Å²) in [6.07, 6.45) is 1.26. The standard InChI is InChI=1S/C26H20N4O3/c1-16-6-5-7-18(14-16)24-23(27-15-33-24)25(31)29-19-10-12-20(13-11-19)30-17(2)28-22-9-4-3-8-21(22)26(30)32/h3-15H,1-2H3,(H,29,31). The van der Waals surface area contributed by atoms with Gasteiger partial charge in [0.1, 0.15) is 5.82 Å². The lowest BCUT2D eigenvalue weighted by molar-refractivity contribution is 0.102. The Hall–Kier alpha value is -4.52. The van der Waals surface area contributed by atoms with Crippen molar-refractivity contribution in [1.29, 1.82) is 0 Å². The number of oxazole rings is 1. The van der Waals surface area contributed by atoms with Crippen molar-refractivity contribution in [2.24, 2.45) is 0 Å². The molecule has 0 unspecified atom stereocenters. The summed E-state index contributed by atoms with van der Waals surface area (Å²) in [4.78, 5) is 34.5. The van der Waals surface area contributed by atoms with Crippen LogP contribution in [0.1, 0.15) is 21.9 Å². The lowest BCUT2D eigenvalue weighted by Gasteiger charge is -2.12. The molecule has 7 heteroatoms. The molecule has 0 atom stereocenters. The van der Waals surface area contributed by atoms with E-state index >= 15 is 0 Å². The summed E-state index contributed by atoms with van der Waals surface area (Å²) in [7, 11) is 0. The minimum atomic E-state index is -0.381. The van der Waals surface area contributed by atoms with Crippen LogP contribution in [0.2, 0.25) is 0 Å². The molecule has 2 aromatic heterocycles. The first-order valence-electron chi connectivity index (χ1n) is 10.4. The van der Waals surface area contributed by atoms with Crippen molar-refractivity contribution in [3.63, 3.8) is 0 Å². The van der Waals surface area contributed by atoms with Gasteiger partial charge in [-0.15, -0.1) is 0 Å². The Kier molecular flexibility index (Phi) is 5.06. The van der Waals surface area contributed by atoms with Crippen molar-refractivity contribution in [3.05, 3.63) is 107 Å². The fraction of sp³-hybridized carbons (Fsp3) is 0.0769. The number of hydrogen-bond acceptors (Lipinski definition) is 5. The van der Waals surface area contributed by atoms with Crippen LogP contribution in [0.4, 0.5) is 5.69 Å². The molecule has 5 rings (SSSR count). The van der Waals surface area contributed by atoms with Gasteiger partial charge in [0.25, 0.3) is 11.5 Å². The van der Waals surface area contributed by atoms with Crippen molar-refractivity contribution in [2.75, 3.05) is 5.32 Å². The molecule has 3 aromatic carbocycles. The number of hydrogen-bond donors (Lipinski definition) is 1. The molecule has 0 aliphatic carbocycles. The topological polar surface area (TPSA) is 90.0 Å². The third-order valence-electron chi connectivity index (χ3n) is 5.39. The maximum atomic E-state index is 13.0. The Morgan fingerprint density at radius 1 is 0.970 bits per heavy atom. The molecule has 1 N–H and O–H groups in total. The van der Waals surface area contributed by atoms with Crippen LogP contribution in [0.3, 0.4) is 0 Å². The first-order valence-corrected chi connectivity index (χ1v) is 10.4. The van der Waals surface area contributed by atoms with Gasteiger partial charge < -0.3 is 9.73 Å². The highest BCUT2D eigenvalue weighted by atomic mass is 16.3.